The number of amidine groups is 1. The second kappa shape index (κ2) is 12.9. The van der Waals surface area contributed by atoms with Crippen molar-refractivity contribution in [2.24, 2.45) is 4.99 Å². The third-order valence-corrected chi connectivity index (χ3v) is 9.78. The highest BCUT2D eigenvalue weighted by Crippen LogP contribution is 2.33. The predicted octanol–water partition coefficient (Wildman–Crippen LogP) is 6.84. The molecule has 2 amide bonds. The van der Waals surface area contributed by atoms with E-state index in [1.165, 1.54) is 22.7 Å². The second-order valence-corrected chi connectivity index (χ2v) is 12.6. The fourth-order valence-electron chi connectivity index (χ4n) is 6.40. The molecule has 7 rings (SSSR count). The number of aromatic nitrogens is 1. The molecular formula is C38H35N5O3S. The zero-order chi connectivity index (χ0) is 32.5. The Balaban J connectivity index is 1.09. The normalized spacial score (nSPS) is 16.0. The number of Topliss-reactive ketones (excluding diaryl/α,β-unsaturated/α-hetero) is 1. The lowest BCUT2D eigenvalue weighted by atomic mass is 10.1. The molecule has 4 aromatic carbocycles. The van der Waals surface area contributed by atoms with Crippen LogP contribution in [-0.2, 0) is 16.1 Å². The Morgan fingerprint density at radius 1 is 0.809 bits per heavy atom. The molecule has 0 saturated carbocycles. The Labute approximate surface area is 278 Å². The summed E-state index contributed by atoms with van der Waals surface area (Å²) in [4.78, 5) is 49.3. The van der Waals surface area contributed by atoms with Gasteiger partial charge in [-0.15, -0.1) is 0 Å². The number of fused-ring (bicyclic) bond motifs is 3. The van der Waals surface area contributed by atoms with Crippen LogP contribution in [0.3, 0.4) is 0 Å². The number of piperazine rings is 1. The molecule has 0 spiro atoms. The summed E-state index contributed by atoms with van der Waals surface area (Å²) < 4.78 is 2.30. The minimum Gasteiger partial charge on any atom is -0.368 e. The number of hydrogen-bond donors (Lipinski definition) is 0. The first-order valence-electron chi connectivity index (χ1n) is 15.9. The topological polar surface area (TPSA) is 78.2 Å². The molecule has 9 heteroatoms. The number of nitrogens with zero attached hydrogens (tertiary/aromatic N) is 5. The van der Waals surface area contributed by atoms with Gasteiger partial charge in [-0.1, -0.05) is 54.2 Å². The molecule has 0 N–H and O–H groups in total. The number of hydrogen-bond acceptors (Lipinski definition) is 6. The Hall–Kier alpha value is -5.15. The van der Waals surface area contributed by atoms with E-state index in [0.717, 1.165) is 28.7 Å². The van der Waals surface area contributed by atoms with E-state index >= 15 is 0 Å². The monoisotopic (exact) mass is 641 g/mol. The highest BCUT2D eigenvalue weighted by atomic mass is 32.2. The lowest BCUT2D eigenvalue weighted by Crippen LogP contribution is -2.49. The van der Waals surface area contributed by atoms with Crippen LogP contribution in [0.5, 0.6) is 0 Å². The summed E-state index contributed by atoms with van der Waals surface area (Å²) >= 11 is 1.29. The van der Waals surface area contributed by atoms with Gasteiger partial charge in [0.1, 0.15) is 5.70 Å². The van der Waals surface area contributed by atoms with Crippen molar-refractivity contribution in [1.29, 1.82) is 0 Å². The number of amides is 2. The Morgan fingerprint density at radius 3 is 2.23 bits per heavy atom. The van der Waals surface area contributed by atoms with E-state index in [1.54, 1.807) is 11.8 Å². The Bertz CT molecular complexity index is 2060. The van der Waals surface area contributed by atoms with Crippen LogP contribution in [0.1, 0.15) is 29.8 Å². The summed E-state index contributed by atoms with van der Waals surface area (Å²) in [6.07, 6.45) is 1.84. The van der Waals surface area contributed by atoms with Crippen molar-refractivity contribution in [3.8, 4) is 0 Å². The van der Waals surface area contributed by atoms with Gasteiger partial charge in [-0.2, -0.15) is 0 Å². The van der Waals surface area contributed by atoms with Gasteiger partial charge in [-0.05, 0) is 80.1 Å². The molecule has 47 heavy (non-hydrogen) atoms. The number of benzene rings is 4. The Kier molecular flexibility index (Phi) is 8.39. The fraction of sp³-hybridized carbons (Fsp3) is 0.211. The second-order valence-electron chi connectivity index (χ2n) is 11.7. The predicted molar refractivity (Wildman–Crippen MR) is 192 cm³/mol. The van der Waals surface area contributed by atoms with Crippen LogP contribution in [0.4, 0.5) is 11.4 Å². The summed E-state index contributed by atoms with van der Waals surface area (Å²) in [6.45, 7) is 7.19. The van der Waals surface area contributed by atoms with Gasteiger partial charge in [0.15, 0.2) is 11.0 Å². The minimum absolute atomic E-state index is 0.0138. The van der Waals surface area contributed by atoms with Gasteiger partial charge in [0, 0.05) is 65.8 Å². The molecule has 1 fully saturated rings. The van der Waals surface area contributed by atoms with Crippen molar-refractivity contribution in [2.45, 2.75) is 20.4 Å². The van der Waals surface area contributed by atoms with Gasteiger partial charge < -0.3 is 14.4 Å². The molecule has 2 aliphatic heterocycles. The summed E-state index contributed by atoms with van der Waals surface area (Å²) in [6, 6.07) is 31.7. The summed E-state index contributed by atoms with van der Waals surface area (Å²) in [7, 11) is 0. The molecule has 236 valence electrons. The molecule has 3 heterocycles. The largest absolute Gasteiger partial charge is 0.368 e. The molecule has 8 nitrogen and oxygen atoms in total. The number of ketones is 1. The van der Waals surface area contributed by atoms with Crippen LogP contribution < -0.4 is 9.80 Å². The van der Waals surface area contributed by atoms with Crippen molar-refractivity contribution >= 4 is 73.8 Å². The zero-order valence-electron chi connectivity index (χ0n) is 26.4. The molecular weight excluding hydrogens is 607 g/mol. The Morgan fingerprint density at radius 2 is 1.51 bits per heavy atom. The molecule has 0 aliphatic carbocycles. The first-order valence-corrected chi connectivity index (χ1v) is 16.9. The number of carbonyl (C=O) groups is 3. The van der Waals surface area contributed by atoms with Crippen LogP contribution in [0, 0.1) is 0 Å². The third kappa shape index (κ3) is 5.94. The number of aryl methyl sites for hydroxylation is 1. The van der Waals surface area contributed by atoms with Crippen LogP contribution in [0.25, 0.3) is 27.9 Å². The number of carbonyl (C=O) groups excluding carboxylic acids is 3. The van der Waals surface area contributed by atoms with Gasteiger partial charge in [-0.3, -0.25) is 19.3 Å². The van der Waals surface area contributed by atoms with Crippen LogP contribution in [-0.4, -0.2) is 64.2 Å². The molecule has 5 aromatic rings. The lowest BCUT2D eigenvalue weighted by molar-refractivity contribution is -0.128. The first-order chi connectivity index (χ1) is 22.9. The average Bonchev–Trinajstić information content (AvgIpc) is 3.60. The number of rotatable bonds is 7. The van der Waals surface area contributed by atoms with Crippen molar-refractivity contribution < 1.29 is 14.4 Å². The van der Waals surface area contributed by atoms with E-state index in [-0.39, 0.29) is 23.4 Å². The number of thioether (sulfide) groups is 1. The van der Waals surface area contributed by atoms with Crippen LogP contribution >= 0.6 is 11.8 Å². The molecule has 2 aliphatic rings. The van der Waals surface area contributed by atoms with Gasteiger partial charge in [0.05, 0.1) is 11.4 Å². The van der Waals surface area contributed by atoms with E-state index in [9.17, 15) is 14.4 Å². The molecule has 0 unspecified atom stereocenters. The van der Waals surface area contributed by atoms with Crippen molar-refractivity contribution in [3.05, 3.63) is 114 Å². The van der Waals surface area contributed by atoms with Crippen molar-refractivity contribution in [1.82, 2.24) is 9.47 Å². The van der Waals surface area contributed by atoms with Gasteiger partial charge in [0.25, 0.3) is 5.91 Å². The highest BCUT2D eigenvalue weighted by molar-refractivity contribution is 8.14. The van der Waals surface area contributed by atoms with Gasteiger partial charge in [-0.25, -0.2) is 4.99 Å². The third-order valence-electron chi connectivity index (χ3n) is 8.86. The maximum atomic E-state index is 13.8. The molecule has 0 bridgehead atoms. The maximum absolute atomic E-state index is 13.8. The molecule has 0 radical (unpaired) electrons. The van der Waals surface area contributed by atoms with Gasteiger partial charge >= 0.3 is 0 Å². The van der Waals surface area contributed by atoms with E-state index < -0.39 is 0 Å². The van der Waals surface area contributed by atoms with E-state index in [0.29, 0.717) is 48.3 Å². The summed E-state index contributed by atoms with van der Waals surface area (Å²) in [5.74, 6) is 0.0225. The van der Waals surface area contributed by atoms with Crippen molar-refractivity contribution in [3.63, 3.8) is 0 Å². The molecule has 0 atom stereocenters. The minimum atomic E-state index is -0.216. The zero-order valence-corrected chi connectivity index (χ0v) is 27.2. The summed E-state index contributed by atoms with van der Waals surface area (Å²) in [5, 5.41) is 2.81. The maximum Gasteiger partial charge on any atom is 0.283 e. The SMILES string of the molecule is CCn1c2ccccc2c2cc(C=C3N=C(SCC(=O)N4CCN(c5ccc(C(C)=O)cc5)CC4)N(c4ccccc4)C3=O)ccc21. The molecule has 1 saturated heterocycles. The number of para-hydroxylation sites is 2. The first kappa shape index (κ1) is 30.5. The quantitative estimate of drug-likeness (QED) is 0.144. The number of aliphatic imine (C=N–C) groups is 1. The fourth-order valence-corrected chi connectivity index (χ4v) is 7.31. The highest BCUT2D eigenvalue weighted by Gasteiger charge is 2.33. The standard InChI is InChI=1S/C38H35N5O3S/c1-3-42-34-12-8-7-11-31(34)32-23-27(13-18-35(32)42)24-33-37(46)43(30-9-5-4-6-10-30)38(39-33)47-25-36(45)41-21-19-40(20-22-41)29-16-14-28(15-17-29)26(2)44/h4-18,23-24H,3,19-22,25H2,1-2H3. The van der Waals surface area contributed by atoms with E-state index in [2.05, 4.69) is 52.8 Å². The smallest absolute Gasteiger partial charge is 0.283 e. The van der Waals surface area contributed by atoms with E-state index in [4.69, 9.17) is 4.99 Å². The summed E-state index contributed by atoms with van der Waals surface area (Å²) in [5.41, 5.74) is 6.03. The number of anilines is 2. The van der Waals surface area contributed by atoms with Crippen molar-refractivity contribution in [2.75, 3.05) is 41.7 Å². The van der Waals surface area contributed by atoms with Gasteiger partial charge in [0.2, 0.25) is 5.91 Å². The van der Waals surface area contributed by atoms with E-state index in [1.807, 2.05) is 71.6 Å². The molecule has 1 aromatic heterocycles. The van der Waals surface area contributed by atoms with Crippen LogP contribution in [0.15, 0.2) is 108 Å². The van der Waals surface area contributed by atoms with Crippen LogP contribution in [0.2, 0.25) is 0 Å². The average molecular weight is 642 g/mol. The lowest BCUT2D eigenvalue weighted by Gasteiger charge is -2.36.